The third-order valence-corrected chi connectivity index (χ3v) is 4.09. The van der Waals surface area contributed by atoms with Gasteiger partial charge >= 0.3 is 6.03 Å². The summed E-state index contributed by atoms with van der Waals surface area (Å²) in [5.74, 6) is 0. The molecule has 0 aromatic carbocycles. The fourth-order valence-electron chi connectivity index (χ4n) is 2.96. The van der Waals surface area contributed by atoms with Gasteiger partial charge in [0.1, 0.15) is 0 Å². The molecule has 3 aliphatic heterocycles. The van der Waals surface area contributed by atoms with Crippen LogP contribution in [0, 0.1) is 0 Å². The van der Waals surface area contributed by atoms with Crippen molar-refractivity contribution in [1.29, 1.82) is 0 Å². The summed E-state index contributed by atoms with van der Waals surface area (Å²) in [5, 5.41) is 3.36. The predicted octanol–water partition coefficient (Wildman–Crippen LogP) is -0.972. The molecule has 0 aromatic rings. The van der Waals surface area contributed by atoms with Crippen LogP contribution < -0.4 is 5.32 Å². The Morgan fingerprint density at radius 3 is 2.83 bits per heavy atom. The molecule has 3 fully saturated rings. The minimum Gasteiger partial charge on any atom is -0.379 e. The quantitative estimate of drug-likeness (QED) is 0.704. The van der Waals surface area contributed by atoms with Crippen LogP contribution in [-0.2, 0) is 4.74 Å². The van der Waals surface area contributed by atoms with Crippen molar-refractivity contribution in [1.82, 2.24) is 20.0 Å². The van der Waals surface area contributed by atoms with Crippen LogP contribution in [0.15, 0.2) is 0 Å². The Labute approximate surface area is 108 Å². The van der Waals surface area contributed by atoms with Gasteiger partial charge in [-0.2, -0.15) is 0 Å². The highest BCUT2D eigenvalue weighted by molar-refractivity contribution is 5.77. The number of urea groups is 1. The molecule has 6 nitrogen and oxygen atoms in total. The molecule has 18 heavy (non-hydrogen) atoms. The minimum absolute atomic E-state index is 0.231. The second-order valence-corrected chi connectivity index (χ2v) is 5.23. The summed E-state index contributed by atoms with van der Waals surface area (Å²) >= 11 is 0. The summed E-state index contributed by atoms with van der Waals surface area (Å²) in [6.07, 6.45) is 0. The second-order valence-electron chi connectivity index (χ2n) is 5.23. The van der Waals surface area contributed by atoms with Gasteiger partial charge in [0, 0.05) is 52.4 Å². The average molecular weight is 254 g/mol. The van der Waals surface area contributed by atoms with E-state index in [0.29, 0.717) is 6.04 Å². The van der Waals surface area contributed by atoms with E-state index in [4.69, 9.17) is 4.74 Å². The van der Waals surface area contributed by atoms with Crippen LogP contribution in [0.25, 0.3) is 0 Å². The number of rotatable bonds is 3. The normalized spacial score (nSPS) is 29.8. The molecule has 102 valence electrons. The lowest BCUT2D eigenvalue weighted by molar-refractivity contribution is 0.0354. The van der Waals surface area contributed by atoms with Gasteiger partial charge in [-0.3, -0.25) is 4.90 Å². The molecule has 3 saturated heterocycles. The zero-order valence-electron chi connectivity index (χ0n) is 10.8. The van der Waals surface area contributed by atoms with Crippen molar-refractivity contribution in [2.45, 2.75) is 6.04 Å². The van der Waals surface area contributed by atoms with E-state index in [1.165, 1.54) is 0 Å². The molecule has 0 saturated carbocycles. The fraction of sp³-hybridized carbons (Fsp3) is 0.917. The maximum absolute atomic E-state index is 12.2. The second kappa shape index (κ2) is 5.42. The van der Waals surface area contributed by atoms with Gasteiger partial charge in [-0.25, -0.2) is 4.79 Å². The molecule has 3 heterocycles. The number of morpholine rings is 1. The summed E-state index contributed by atoms with van der Waals surface area (Å²) in [5.41, 5.74) is 0. The number of fused-ring (bicyclic) bond motifs is 1. The van der Waals surface area contributed by atoms with Gasteiger partial charge in [-0.05, 0) is 0 Å². The predicted molar refractivity (Wildman–Crippen MR) is 67.6 cm³/mol. The molecule has 6 heteroatoms. The molecule has 0 aromatic heterocycles. The number of amides is 2. The van der Waals surface area contributed by atoms with E-state index >= 15 is 0 Å². The molecule has 0 bridgehead atoms. The van der Waals surface area contributed by atoms with Crippen molar-refractivity contribution in [3.8, 4) is 0 Å². The number of ether oxygens (including phenoxy) is 1. The first kappa shape index (κ1) is 12.2. The third-order valence-electron chi connectivity index (χ3n) is 4.09. The van der Waals surface area contributed by atoms with Gasteiger partial charge < -0.3 is 19.9 Å². The molecule has 0 spiro atoms. The Bertz CT molecular complexity index is 306. The first-order chi connectivity index (χ1) is 8.84. The van der Waals surface area contributed by atoms with Gasteiger partial charge in [0.2, 0.25) is 0 Å². The Hall–Kier alpha value is -0.850. The molecule has 0 radical (unpaired) electrons. The number of nitrogens with zero attached hydrogens (tertiary/aromatic N) is 3. The molecule has 3 aliphatic rings. The van der Waals surface area contributed by atoms with E-state index in [1.54, 1.807) is 0 Å². The van der Waals surface area contributed by atoms with Crippen LogP contribution in [-0.4, -0.2) is 92.3 Å². The number of piperazine rings is 1. The first-order valence-corrected chi connectivity index (χ1v) is 6.91. The summed E-state index contributed by atoms with van der Waals surface area (Å²) in [4.78, 5) is 18.6. The lowest BCUT2D eigenvalue weighted by atomic mass is 10.2. The number of carbonyl (C=O) groups excluding carboxylic acids is 1. The Kier molecular flexibility index (Phi) is 3.67. The Balaban J connectivity index is 1.49. The molecule has 2 amide bonds. The summed E-state index contributed by atoms with van der Waals surface area (Å²) < 4.78 is 5.33. The van der Waals surface area contributed by atoms with Crippen molar-refractivity contribution in [2.75, 3.05) is 65.6 Å². The fourth-order valence-corrected chi connectivity index (χ4v) is 2.96. The zero-order valence-corrected chi connectivity index (χ0v) is 10.8. The highest BCUT2D eigenvalue weighted by Gasteiger charge is 2.38. The van der Waals surface area contributed by atoms with Crippen LogP contribution in [0.1, 0.15) is 0 Å². The van der Waals surface area contributed by atoms with Gasteiger partial charge in [0.05, 0.1) is 19.3 Å². The van der Waals surface area contributed by atoms with Gasteiger partial charge in [0.25, 0.3) is 0 Å². The molecule has 1 unspecified atom stereocenters. The van der Waals surface area contributed by atoms with E-state index in [2.05, 4.69) is 10.2 Å². The SMILES string of the molecule is O=C1N(CCN2CCOCC2)CC2CNCCN12. The van der Waals surface area contributed by atoms with Gasteiger partial charge in [0.15, 0.2) is 0 Å². The van der Waals surface area contributed by atoms with Crippen LogP contribution in [0.2, 0.25) is 0 Å². The zero-order chi connectivity index (χ0) is 12.4. The molecule has 1 atom stereocenters. The summed E-state index contributed by atoms with van der Waals surface area (Å²) in [7, 11) is 0. The molecule has 0 aliphatic carbocycles. The Morgan fingerprint density at radius 2 is 2.06 bits per heavy atom. The average Bonchev–Trinajstić information content (AvgIpc) is 2.75. The maximum Gasteiger partial charge on any atom is 0.320 e. The first-order valence-electron chi connectivity index (χ1n) is 6.91. The summed E-state index contributed by atoms with van der Waals surface area (Å²) in [6, 6.07) is 0.616. The van der Waals surface area contributed by atoms with Crippen molar-refractivity contribution >= 4 is 6.03 Å². The number of hydrogen-bond acceptors (Lipinski definition) is 4. The minimum atomic E-state index is 0.231. The number of hydrogen-bond donors (Lipinski definition) is 1. The van der Waals surface area contributed by atoms with E-state index < -0.39 is 0 Å². The molecular formula is C12H22N4O2. The van der Waals surface area contributed by atoms with E-state index in [0.717, 1.165) is 65.6 Å². The standard InChI is InChI=1S/C12H22N4O2/c17-12-15(4-3-14-5-7-18-8-6-14)10-11-9-13-1-2-16(11)12/h11,13H,1-10H2. The maximum atomic E-state index is 12.2. The van der Waals surface area contributed by atoms with Crippen LogP contribution >= 0.6 is 0 Å². The van der Waals surface area contributed by atoms with Gasteiger partial charge in [-0.1, -0.05) is 0 Å². The molecule has 1 N–H and O–H groups in total. The van der Waals surface area contributed by atoms with Crippen molar-refractivity contribution in [3.05, 3.63) is 0 Å². The Morgan fingerprint density at radius 1 is 1.22 bits per heavy atom. The van der Waals surface area contributed by atoms with E-state index in [9.17, 15) is 4.79 Å². The smallest absolute Gasteiger partial charge is 0.320 e. The monoisotopic (exact) mass is 254 g/mol. The lowest BCUT2D eigenvalue weighted by Gasteiger charge is -2.29. The third kappa shape index (κ3) is 2.46. The van der Waals surface area contributed by atoms with Gasteiger partial charge in [-0.15, -0.1) is 0 Å². The largest absolute Gasteiger partial charge is 0.379 e. The van der Waals surface area contributed by atoms with Crippen LogP contribution in [0.5, 0.6) is 0 Å². The lowest BCUT2D eigenvalue weighted by Crippen LogP contribution is -2.50. The summed E-state index contributed by atoms with van der Waals surface area (Å²) in [6.45, 7) is 9.09. The van der Waals surface area contributed by atoms with Crippen LogP contribution in [0.3, 0.4) is 0 Å². The van der Waals surface area contributed by atoms with E-state index in [-0.39, 0.29) is 6.03 Å². The van der Waals surface area contributed by atoms with Crippen molar-refractivity contribution in [3.63, 3.8) is 0 Å². The topological polar surface area (TPSA) is 48.1 Å². The van der Waals surface area contributed by atoms with E-state index in [1.807, 2.05) is 9.80 Å². The highest BCUT2D eigenvalue weighted by atomic mass is 16.5. The molecule has 3 rings (SSSR count). The molecular weight excluding hydrogens is 232 g/mol. The van der Waals surface area contributed by atoms with Crippen molar-refractivity contribution < 1.29 is 9.53 Å². The number of carbonyl (C=O) groups is 1. The van der Waals surface area contributed by atoms with Crippen molar-refractivity contribution in [2.24, 2.45) is 0 Å². The van der Waals surface area contributed by atoms with Crippen LogP contribution in [0.4, 0.5) is 4.79 Å². The number of nitrogens with one attached hydrogen (secondary N) is 1. The highest BCUT2D eigenvalue weighted by Crippen LogP contribution is 2.17.